The largest absolute Gasteiger partial charge is 0.370 e. The van der Waals surface area contributed by atoms with Gasteiger partial charge in [0.25, 0.3) is 5.91 Å². The molecule has 1 atom stereocenters. The van der Waals surface area contributed by atoms with Crippen molar-refractivity contribution in [2.24, 2.45) is 0 Å². The maximum absolute atomic E-state index is 12.5. The van der Waals surface area contributed by atoms with Crippen molar-refractivity contribution in [2.75, 3.05) is 51.3 Å². The number of halogens is 1. The zero-order chi connectivity index (χ0) is 29.1. The summed E-state index contributed by atoms with van der Waals surface area (Å²) in [4.78, 5) is 30.9. The predicted octanol–water partition coefficient (Wildman–Crippen LogP) is 5.69. The van der Waals surface area contributed by atoms with Crippen molar-refractivity contribution < 1.29 is 14.3 Å². The van der Waals surface area contributed by atoms with Gasteiger partial charge >= 0.3 is 0 Å². The predicted molar refractivity (Wildman–Crippen MR) is 169 cm³/mol. The van der Waals surface area contributed by atoms with Gasteiger partial charge in [-0.2, -0.15) is 0 Å². The molecule has 1 saturated heterocycles. The van der Waals surface area contributed by atoms with Gasteiger partial charge in [0.05, 0.1) is 19.2 Å². The molecule has 1 aliphatic heterocycles. The van der Waals surface area contributed by atoms with Gasteiger partial charge in [0, 0.05) is 53.9 Å². The van der Waals surface area contributed by atoms with Gasteiger partial charge < -0.3 is 15.4 Å². The molecule has 2 amide bonds. The van der Waals surface area contributed by atoms with Crippen LogP contribution >= 0.6 is 22.9 Å². The lowest BCUT2D eigenvalue weighted by Gasteiger charge is -2.39. The lowest BCUT2D eigenvalue weighted by atomic mass is 9.96. The maximum atomic E-state index is 12.5. The number of ether oxygens (including phenoxy) is 1. The molecule has 1 aromatic heterocycles. The molecule has 0 aliphatic carbocycles. The Balaban J connectivity index is 1.04. The van der Waals surface area contributed by atoms with E-state index in [1.165, 1.54) is 11.1 Å². The number of nitrogens with zero attached hydrogens (tertiary/aromatic N) is 2. The van der Waals surface area contributed by atoms with E-state index in [-0.39, 0.29) is 24.5 Å². The Morgan fingerprint density at radius 3 is 2.38 bits per heavy atom. The highest BCUT2D eigenvalue weighted by molar-refractivity contribution is 7.09. The van der Waals surface area contributed by atoms with Crippen LogP contribution in [0.25, 0.3) is 0 Å². The van der Waals surface area contributed by atoms with Crippen LogP contribution in [0, 0.1) is 0 Å². The second-order valence-corrected chi connectivity index (χ2v) is 11.7. The molecule has 9 heteroatoms. The summed E-state index contributed by atoms with van der Waals surface area (Å²) in [6, 6.07) is 29.8. The topological polar surface area (TPSA) is 73.9 Å². The van der Waals surface area contributed by atoms with Crippen molar-refractivity contribution in [1.82, 2.24) is 15.1 Å². The molecule has 0 spiro atoms. The van der Waals surface area contributed by atoms with E-state index in [1.807, 2.05) is 35.7 Å². The summed E-state index contributed by atoms with van der Waals surface area (Å²) >= 11 is 7.75. The van der Waals surface area contributed by atoms with Crippen LogP contribution in [0.4, 0.5) is 5.69 Å². The summed E-state index contributed by atoms with van der Waals surface area (Å²) in [5, 5.41) is 8.45. The number of carbonyl (C=O) groups excluding carboxylic acids is 2. The zero-order valence-electron chi connectivity index (χ0n) is 23.4. The highest BCUT2D eigenvalue weighted by Crippen LogP contribution is 2.30. The molecule has 2 heterocycles. The summed E-state index contributed by atoms with van der Waals surface area (Å²) in [5.41, 5.74) is 3.57. The van der Waals surface area contributed by atoms with Crippen molar-refractivity contribution >= 4 is 40.4 Å². The Bertz CT molecular complexity index is 1430. The molecule has 218 valence electrons. The minimum atomic E-state index is -0.246. The summed E-state index contributed by atoms with van der Waals surface area (Å²) in [6.45, 7) is 5.38. The molecule has 7 nitrogen and oxygen atoms in total. The van der Waals surface area contributed by atoms with Gasteiger partial charge in [0.1, 0.15) is 6.61 Å². The third kappa shape index (κ3) is 8.50. The van der Waals surface area contributed by atoms with E-state index in [4.69, 9.17) is 16.3 Å². The fourth-order valence-electron chi connectivity index (χ4n) is 5.12. The van der Waals surface area contributed by atoms with Crippen LogP contribution in [0.5, 0.6) is 0 Å². The molecule has 1 unspecified atom stereocenters. The summed E-state index contributed by atoms with van der Waals surface area (Å²) in [6.07, 6.45) is 0. The Morgan fingerprint density at radius 2 is 1.64 bits per heavy atom. The van der Waals surface area contributed by atoms with E-state index >= 15 is 0 Å². The number of thiophene rings is 1. The molecule has 2 N–H and O–H groups in total. The number of hydrogen-bond donors (Lipinski definition) is 2. The highest BCUT2D eigenvalue weighted by atomic mass is 35.5. The molecule has 1 aliphatic rings. The van der Waals surface area contributed by atoms with Gasteiger partial charge in [-0.05, 0) is 52.9 Å². The number of anilines is 1. The number of nitrogens with one attached hydrogen (secondary N) is 2. The van der Waals surface area contributed by atoms with Crippen molar-refractivity contribution in [1.29, 1.82) is 0 Å². The van der Waals surface area contributed by atoms with Gasteiger partial charge in [0.2, 0.25) is 5.91 Å². The van der Waals surface area contributed by atoms with Gasteiger partial charge in [-0.1, -0.05) is 66.2 Å². The van der Waals surface area contributed by atoms with Crippen LogP contribution in [0.1, 0.15) is 32.4 Å². The number of hydrogen-bond acceptors (Lipinski definition) is 6. The first-order chi connectivity index (χ1) is 20.5. The molecule has 1 fully saturated rings. The van der Waals surface area contributed by atoms with Gasteiger partial charge in [-0.25, -0.2) is 0 Å². The molecular formula is C33H35ClN4O3S. The minimum absolute atomic E-state index is 0.0403. The molecule has 0 radical (unpaired) electrons. The first-order valence-electron chi connectivity index (χ1n) is 14.1. The van der Waals surface area contributed by atoms with Gasteiger partial charge in [-0.15, -0.1) is 11.3 Å². The highest BCUT2D eigenvalue weighted by Gasteiger charge is 2.26. The molecule has 4 aromatic rings. The zero-order valence-corrected chi connectivity index (χ0v) is 24.9. The number of piperazine rings is 1. The second-order valence-electron chi connectivity index (χ2n) is 10.2. The van der Waals surface area contributed by atoms with Crippen LogP contribution in [0.2, 0.25) is 5.02 Å². The number of benzene rings is 3. The summed E-state index contributed by atoms with van der Waals surface area (Å²) < 4.78 is 5.69. The van der Waals surface area contributed by atoms with Crippen LogP contribution in [-0.2, 0) is 16.1 Å². The number of rotatable bonds is 12. The molecule has 0 bridgehead atoms. The summed E-state index contributed by atoms with van der Waals surface area (Å²) in [5.74, 6) is -0.427. The van der Waals surface area contributed by atoms with E-state index in [9.17, 15) is 9.59 Å². The molecule has 5 rings (SSSR count). The van der Waals surface area contributed by atoms with E-state index in [0.717, 1.165) is 42.6 Å². The lowest BCUT2D eigenvalue weighted by molar-refractivity contribution is -0.120. The van der Waals surface area contributed by atoms with Crippen LogP contribution in [-0.4, -0.2) is 67.6 Å². The van der Waals surface area contributed by atoms with Crippen LogP contribution in [0.3, 0.4) is 0 Å². The Kier molecular flexibility index (Phi) is 10.8. The van der Waals surface area contributed by atoms with Crippen molar-refractivity contribution in [2.45, 2.75) is 12.6 Å². The van der Waals surface area contributed by atoms with E-state index < -0.39 is 0 Å². The first-order valence-corrected chi connectivity index (χ1v) is 15.4. The van der Waals surface area contributed by atoms with E-state index in [2.05, 4.69) is 56.8 Å². The Labute approximate surface area is 256 Å². The average Bonchev–Trinajstić information content (AvgIpc) is 3.54. The maximum Gasteiger partial charge on any atom is 0.251 e. The smallest absolute Gasteiger partial charge is 0.251 e. The average molecular weight is 603 g/mol. The third-order valence-electron chi connectivity index (χ3n) is 7.27. The van der Waals surface area contributed by atoms with Crippen molar-refractivity contribution in [3.63, 3.8) is 0 Å². The second kappa shape index (κ2) is 15.1. The third-order valence-corrected chi connectivity index (χ3v) is 8.40. The molecular weight excluding hydrogens is 568 g/mol. The van der Waals surface area contributed by atoms with Crippen molar-refractivity contribution in [3.8, 4) is 0 Å². The number of amides is 2. The van der Waals surface area contributed by atoms with Crippen LogP contribution < -0.4 is 10.6 Å². The normalized spacial score (nSPS) is 14.8. The van der Waals surface area contributed by atoms with Gasteiger partial charge in [0.15, 0.2) is 0 Å². The number of carbonyl (C=O) groups is 2. The lowest BCUT2D eigenvalue weighted by Crippen LogP contribution is -2.48. The summed E-state index contributed by atoms with van der Waals surface area (Å²) in [7, 11) is 0. The van der Waals surface area contributed by atoms with E-state index in [1.54, 1.807) is 35.6 Å². The SMILES string of the molecule is O=C(COCCN1CCN(C(c2ccccc2)c2ccc(Cl)cc2)CC1)Nc1cccc(C(=O)NCc2cccs2)c1. The fraction of sp³-hybridized carbons (Fsp3) is 0.273. The van der Waals surface area contributed by atoms with Crippen LogP contribution in [0.15, 0.2) is 96.4 Å². The molecule has 0 saturated carbocycles. The molecule has 42 heavy (non-hydrogen) atoms. The molecule has 3 aromatic carbocycles. The van der Waals surface area contributed by atoms with Gasteiger partial charge in [-0.3, -0.25) is 19.4 Å². The van der Waals surface area contributed by atoms with Crippen molar-refractivity contribution in [3.05, 3.63) is 123 Å². The first kappa shape index (κ1) is 29.9. The Morgan fingerprint density at radius 1 is 0.881 bits per heavy atom. The fourth-order valence-corrected chi connectivity index (χ4v) is 5.89. The Hall–Kier alpha value is -3.53. The monoisotopic (exact) mass is 602 g/mol. The quantitative estimate of drug-likeness (QED) is 0.204. The minimum Gasteiger partial charge on any atom is -0.370 e. The van der Waals surface area contributed by atoms with E-state index in [0.29, 0.717) is 24.4 Å². The standard InChI is InChI=1S/C33H35ClN4O3S/c34-28-13-11-26(12-14-28)32(25-6-2-1-3-7-25)38-17-15-37(16-18-38)19-20-41-24-31(39)36-29-9-4-8-27(22-29)33(40)35-23-30-10-5-21-42-30/h1-14,21-22,32H,15-20,23-24H2,(H,35,40)(H,36,39).